The number of benzene rings is 4. The number of hydrogen-bond donors (Lipinski definition) is 2. The highest BCUT2D eigenvalue weighted by Gasteiger charge is 2.36. The molecule has 6 heteroatoms. The first kappa shape index (κ1) is 32.2. The van der Waals surface area contributed by atoms with Gasteiger partial charge in [0.2, 0.25) is 0 Å². The Morgan fingerprint density at radius 1 is 0.473 bits per heavy atom. The van der Waals surface area contributed by atoms with Crippen LogP contribution in [0, 0.1) is 5.41 Å². The zero-order valence-corrected chi connectivity index (χ0v) is 29.8. The third kappa shape index (κ3) is 5.68. The maximum atomic E-state index is 9.22. The van der Waals surface area contributed by atoms with Crippen molar-refractivity contribution in [2.75, 3.05) is 0 Å². The molecular weight excluding hydrogens is 673 g/mol. The molecule has 0 amide bonds. The minimum Gasteiger partial charge on any atom is -0.354 e. The van der Waals surface area contributed by atoms with Crippen LogP contribution in [0.5, 0.6) is 0 Å². The molecule has 6 heterocycles. The zero-order chi connectivity index (χ0) is 36.7. The minimum atomic E-state index is -0.453. The molecule has 2 N–H and O–H groups in total. The fourth-order valence-electron chi connectivity index (χ4n) is 7.95. The van der Waals surface area contributed by atoms with Gasteiger partial charge < -0.3 is 9.55 Å². The van der Waals surface area contributed by atoms with E-state index in [9.17, 15) is 5.41 Å². The first-order valence-corrected chi connectivity index (χ1v) is 18.4. The van der Waals surface area contributed by atoms with E-state index >= 15 is 0 Å². The van der Waals surface area contributed by atoms with Gasteiger partial charge in [0, 0.05) is 51.0 Å². The molecule has 6 nitrogen and oxygen atoms in total. The predicted molar refractivity (Wildman–Crippen MR) is 223 cm³/mol. The molecule has 4 aliphatic heterocycles. The molecular formula is C49H34N6. The smallest absolute Gasteiger partial charge is 0.125 e. The lowest BCUT2D eigenvalue weighted by Gasteiger charge is -2.25. The van der Waals surface area contributed by atoms with Crippen LogP contribution in [-0.4, -0.2) is 26.7 Å². The fraction of sp³-hybridized carbons (Fsp3) is 0.0204. The van der Waals surface area contributed by atoms with Gasteiger partial charge in [-0.1, -0.05) is 127 Å². The van der Waals surface area contributed by atoms with Crippen molar-refractivity contribution < 1.29 is 0 Å². The average Bonchev–Trinajstić information content (AvgIpc) is 4.08. The van der Waals surface area contributed by atoms with Crippen LogP contribution in [0.4, 0.5) is 0 Å². The Morgan fingerprint density at radius 3 is 1.44 bits per heavy atom. The third-order valence-corrected chi connectivity index (χ3v) is 10.4. The molecule has 1 atom stereocenters. The Morgan fingerprint density at radius 2 is 0.927 bits per heavy atom. The number of allylic oxidation sites excluding steroid dienone is 7. The monoisotopic (exact) mass is 706 g/mol. The Bertz CT molecular complexity index is 2770. The van der Waals surface area contributed by atoms with Crippen LogP contribution >= 0.6 is 0 Å². The Labute approximate surface area is 318 Å². The molecule has 1 unspecified atom stereocenters. The summed E-state index contributed by atoms with van der Waals surface area (Å²) in [5.74, 6) is 0. The number of nitrogens with zero attached hydrogens (tertiary/aromatic N) is 4. The molecule has 2 aromatic heterocycles. The molecule has 8 bridgehead atoms. The van der Waals surface area contributed by atoms with E-state index in [0.717, 1.165) is 89.3 Å². The van der Waals surface area contributed by atoms with Gasteiger partial charge in [-0.05, 0) is 70.8 Å². The maximum Gasteiger partial charge on any atom is 0.125 e. The summed E-state index contributed by atoms with van der Waals surface area (Å²) in [6.07, 6.45) is 12.4. The van der Waals surface area contributed by atoms with Gasteiger partial charge in [0.25, 0.3) is 0 Å². The van der Waals surface area contributed by atoms with E-state index in [1.54, 1.807) is 0 Å². The van der Waals surface area contributed by atoms with Crippen LogP contribution in [-0.2, 0) is 0 Å². The highest BCUT2D eigenvalue weighted by Crippen LogP contribution is 2.44. The lowest BCUT2D eigenvalue weighted by Crippen LogP contribution is -2.30. The van der Waals surface area contributed by atoms with E-state index in [0.29, 0.717) is 5.49 Å². The SMILES string of the molecule is N=c1ccccn1C1C2=CN=C1C(c1ccccc1)=C1C=CC(=N1)C(c1ccccc1)=c1ccc([nH]1)=C(c1ccccc1)C1=NC(=C2c2ccccc2)C=C1. The van der Waals surface area contributed by atoms with E-state index in [1.165, 1.54) is 0 Å². The molecule has 0 aliphatic carbocycles. The second-order valence-corrected chi connectivity index (χ2v) is 13.7. The zero-order valence-electron chi connectivity index (χ0n) is 29.8. The summed E-state index contributed by atoms with van der Waals surface area (Å²) in [6.45, 7) is 0. The van der Waals surface area contributed by atoms with Crippen molar-refractivity contribution in [3.8, 4) is 0 Å². The van der Waals surface area contributed by atoms with Crippen LogP contribution in [0.2, 0.25) is 0 Å². The van der Waals surface area contributed by atoms with Gasteiger partial charge in [-0.15, -0.1) is 0 Å². The molecule has 4 aliphatic rings. The van der Waals surface area contributed by atoms with Crippen molar-refractivity contribution in [3.05, 3.63) is 244 Å². The van der Waals surface area contributed by atoms with E-state index < -0.39 is 6.04 Å². The summed E-state index contributed by atoms with van der Waals surface area (Å²) in [4.78, 5) is 20.0. The molecule has 0 saturated carbocycles. The van der Waals surface area contributed by atoms with Gasteiger partial charge >= 0.3 is 0 Å². The van der Waals surface area contributed by atoms with Gasteiger partial charge in [-0.2, -0.15) is 0 Å². The fourth-order valence-corrected chi connectivity index (χ4v) is 7.95. The lowest BCUT2D eigenvalue weighted by atomic mass is 9.86. The minimum absolute atomic E-state index is 0.371. The van der Waals surface area contributed by atoms with Gasteiger partial charge in [0.1, 0.15) is 11.5 Å². The molecule has 6 aromatic rings. The second-order valence-electron chi connectivity index (χ2n) is 13.7. The quantitative estimate of drug-likeness (QED) is 0.182. The molecule has 10 rings (SSSR count). The average molecular weight is 707 g/mol. The highest BCUT2D eigenvalue weighted by atomic mass is 15.1. The van der Waals surface area contributed by atoms with Gasteiger partial charge in [-0.3, -0.25) is 10.4 Å². The summed E-state index contributed by atoms with van der Waals surface area (Å²) in [5.41, 5.74) is 13.5. The lowest BCUT2D eigenvalue weighted by molar-refractivity contribution is 0.690. The Kier molecular flexibility index (Phi) is 7.92. The van der Waals surface area contributed by atoms with Crippen molar-refractivity contribution in [3.63, 3.8) is 0 Å². The molecule has 0 fully saturated rings. The molecule has 4 aromatic carbocycles. The number of aromatic amines is 1. The van der Waals surface area contributed by atoms with E-state index in [4.69, 9.17) is 15.0 Å². The number of hydrogen-bond acceptors (Lipinski definition) is 4. The largest absolute Gasteiger partial charge is 0.354 e. The van der Waals surface area contributed by atoms with Crippen LogP contribution in [0.25, 0.3) is 22.3 Å². The Balaban J connectivity index is 1.36. The van der Waals surface area contributed by atoms with Crippen molar-refractivity contribution in [2.24, 2.45) is 15.0 Å². The van der Waals surface area contributed by atoms with Gasteiger partial charge in [-0.25, -0.2) is 9.98 Å². The van der Waals surface area contributed by atoms with Crippen molar-refractivity contribution >= 4 is 39.4 Å². The summed E-state index contributed by atoms with van der Waals surface area (Å²) in [7, 11) is 0. The van der Waals surface area contributed by atoms with Crippen molar-refractivity contribution in [1.29, 1.82) is 5.41 Å². The third-order valence-electron chi connectivity index (χ3n) is 10.4. The molecule has 55 heavy (non-hydrogen) atoms. The van der Waals surface area contributed by atoms with Crippen molar-refractivity contribution in [2.45, 2.75) is 6.04 Å². The number of rotatable bonds is 5. The van der Waals surface area contributed by atoms with Crippen LogP contribution < -0.4 is 16.2 Å². The summed E-state index contributed by atoms with van der Waals surface area (Å²) < 4.78 is 2.00. The molecule has 0 saturated heterocycles. The van der Waals surface area contributed by atoms with Crippen LogP contribution in [0.3, 0.4) is 0 Å². The van der Waals surface area contributed by atoms with Gasteiger partial charge in [0.05, 0.1) is 28.5 Å². The van der Waals surface area contributed by atoms with E-state index in [2.05, 4.69) is 138 Å². The number of fused-ring (bicyclic) bond motifs is 6. The number of aromatic nitrogens is 2. The molecule has 0 spiro atoms. The number of pyridine rings is 1. The Hall–Kier alpha value is -7.44. The predicted octanol–water partition coefficient (Wildman–Crippen LogP) is 8.13. The number of H-pyrrole nitrogens is 1. The van der Waals surface area contributed by atoms with Crippen LogP contribution in [0.1, 0.15) is 28.3 Å². The first-order valence-electron chi connectivity index (χ1n) is 18.4. The van der Waals surface area contributed by atoms with Crippen LogP contribution in [0.15, 0.2) is 220 Å². The molecule has 260 valence electrons. The van der Waals surface area contributed by atoms with Crippen molar-refractivity contribution in [1.82, 2.24) is 9.55 Å². The van der Waals surface area contributed by atoms with E-state index in [-0.39, 0.29) is 0 Å². The summed E-state index contributed by atoms with van der Waals surface area (Å²) in [6, 6.07) is 51.2. The normalized spacial score (nSPS) is 17.4. The maximum absolute atomic E-state index is 9.22. The second kappa shape index (κ2) is 13.5. The standard InChI is InChI=1S/C49H34N6/c50-43-23-13-14-30-55(43)49-36-31-51-48(49)47(35-21-11-4-12-22-35)42-29-28-41(54-42)46(34-19-9-3-10-20-34)40-27-26-39(53-40)45(33-17-7-2-8-18-33)38-25-24-37(52-38)44(36)32-15-5-1-6-16-32/h1-31,49-50,53H. The number of aliphatic imine (C=N–C) groups is 3. The van der Waals surface area contributed by atoms with Gasteiger partial charge in [0.15, 0.2) is 0 Å². The first-order chi connectivity index (χ1) is 27.2. The highest BCUT2D eigenvalue weighted by molar-refractivity contribution is 6.34. The topological polar surface area (TPSA) is 81.6 Å². The summed E-state index contributed by atoms with van der Waals surface area (Å²) in [5, 5.41) is 11.1. The number of nitrogens with one attached hydrogen (secondary N) is 2. The molecule has 0 radical (unpaired) electrons. The van der Waals surface area contributed by atoms with E-state index in [1.807, 2.05) is 59.4 Å². The summed E-state index contributed by atoms with van der Waals surface area (Å²) >= 11 is 0.